The number of rotatable bonds is 2. The summed E-state index contributed by atoms with van der Waals surface area (Å²) in [6.07, 6.45) is 14.0. The summed E-state index contributed by atoms with van der Waals surface area (Å²) >= 11 is 0. The fraction of sp³-hybridized carbons (Fsp3) is 0. The van der Waals surface area contributed by atoms with Crippen molar-refractivity contribution in [3.8, 4) is 22.9 Å². The standard InChI is InChI=1S/C22H12N4O2.2C12H8N2.F6P.Ru/c1-5-13-17(23-9-1)18-14(6-2-10-24-18)20-19(13)25-21(15-7-3-11-27-15)22(26-20)16-8-4-12-28-16;2*1-3-9-5-6-10-4-2-8-14-12(10)11(9)13-7-1;1-7(2,3,4,5)6;/h1-12H;2*1-8H;;/q;;;-1;+2. The molecule has 0 saturated heterocycles. The molecule has 0 saturated carbocycles. The first-order valence-electron chi connectivity index (χ1n) is 18.9. The third kappa shape index (κ3) is 9.81. The normalized spacial score (nSPS) is 12.3. The largest absolute Gasteiger partial charge is 2.00 e. The van der Waals surface area contributed by atoms with E-state index in [0.29, 0.717) is 22.9 Å². The predicted molar refractivity (Wildman–Crippen MR) is 233 cm³/mol. The van der Waals surface area contributed by atoms with Crippen molar-refractivity contribution in [1.82, 2.24) is 39.9 Å². The van der Waals surface area contributed by atoms with Crippen molar-refractivity contribution >= 4 is 84.3 Å². The molecular weight excluding hydrogens is 943 g/mol. The maximum Gasteiger partial charge on any atom is 2.00 e. The molecule has 0 atom stereocenters. The van der Waals surface area contributed by atoms with Crippen LogP contribution < -0.4 is 0 Å². The molecule has 0 N–H and O–H groups in total. The Labute approximate surface area is 370 Å². The van der Waals surface area contributed by atoms with E-state index in [0.717, 1.165) is 76.5 Å². The van der Waals surface area contributed by atoms with Crippen LogP contribution in [0.4, 0.5) is 25.2 Å². The molecule has 12 rings (SSSR count). The van der Waals surface area contributed by atoms with Gasteiger partial charge in [-0.05, 0) is 72.8 Å². The van der Waals surface area contributed by atoms with Crippen LogP contribution in [-0.4, -0.2) is 39.9 Å². The maximum atomic E-state index is 9.87. The molecule has 9 aromatic heterocycles. The molecule has 0 radical (unpaired) electrons. The summed E-state index contributed by atoms with van der Waals surface area (Å²) in [6.45, 7) is 0. The number of furan rings is 2. The van der Waals surface area contributed by atoms with Gasteiger partial charge in [-0.1, -0.05) is 48.5 Å². The fourth-order valence-electron chi connectivity index (χ4n) is 6.91. The second kappa shape index (κ2) is 16.7. The van der Waals surface area contributed by atoms with Crippen LogP contribution >= 0.6 is 7.81 Å². The van der Waals surface area contributed by atoms with Crippen LogP contribution in [0.25, 0.3) is 99.4 Å². The van der Waals surface area contributed by atoms with Gasteiger partial charge in [0.05, 0.1) is 56.7 Å². The van der Waals surface area contributed by atoms with Gasteiger partial charge in [-0.2, -0.15) is 0 Å². The minimum absolute atomic E-state index is 0. The number of hydrogen-bond donors (Lipinski definition) is 0. The number of aromatic nitrogens is 8. The first-order valence-corrected chi connectivity index (χ1v) is 20.9. The predicted octanol–water partition coefficient (Wildman–Crippen LogP) is 14.2. The Bertz CT molecular complexity index is 3260. The molecule has 0 unspecified atom stereocenters. The Morgan fingerprint density at radius 3 is 0.891 bits per heavy atom. The zero-order valence-electron chi connectivity index (χ0n) is 32.6. The number of fused-ring (bicyclic) bond motifs is 12. The maximum absolute atomic E-state index is 10.7. The van der Waals surface area contributed by atoms with Crippen molar-refractivity contribution in [2.24, 2.45) is 0 Å². The first kappa shape index (κ1) is 43.3. The van der Waals surface area contributed by atoms with E-state index in [2.05, 4.69) is 78.4 Å². The molecule has 0 spiro atoms. The van der Waals surface area contributed by atoms with Crippen molar-refractivity contribution in [2.75, 3.05) is 0 Å². The van der Waals surface area contributed by atoms with Crippen molar-refractivity contribution in [3.63, 3.8) is 0 Å². The average Bonchev–Trinajstić information content (AvgIpc) is 4.05. The van der Waals surface area contributed by atoms with E-state index in [9.17, 15) is 25.2 Å². The van der Waals surface area contributed by atoms with Crippen molar-refractivity contribution < 1.29 is 53.5 Å². The fourth-order valence-corrected chi connectivity index (χ4v) is 6.91. The Morgan fingerprint density at radius 2 is 0.609 bits per heavy atom. The van der Waals surface area contributed by atoms with Crippen LogP contribution in [-0.2, 0) is 19.5 Å². The van der Waals surface area contributed by atoms with Gasteiger partial charge in [-0.15, -0.1) is 0 Å². The molecule has 9 heterocycles. The Kier molecular flexibility index (Phi) is 11.3. The smallest absolute Gasteiger partial charge is 0.463 e. The Morgan fingerprint density at radius 1 is 0.328 bits per heavy atom. The van der Waals surface area contributed by atoms with E-state index in [4.69, 9.17) is 18.8 Å². The number of benzene rings is 3. The quantitative estimate of drug-likeness (QED) is 0.0714. The third-order valence-electron chi connectivity index (χ3n) is 9.44. The molecule has 0 amide bonds. The molecule has 64 heavy (non-hydrogen) atoms. The number of hydrogen-bond acceptors (Lipinski definition) is 10. The van der Waals surface area contributed by atoms with Crippen molar-refractivity contribution in [2.45, 2.75) is 0 Å². The monoisotopic (exact) mass is 971 g/mol. The van der Waals surface area contributed by atoms with Gasteiger partial charge in [-0.3, -0.25) is 29.9 Å². The van der Waals surface area contributed by atoms with Gasteiger partial charge >= 0.3 is 52.5 Å². The Hall–Kier alpha value is -7.35. The summed E-state index contributed by atoms with van der Waals surface area (Å²) in [5, 5.41) is 6.35. The minimum Gasteiger partial charge on any atom is -0.463 e. The van der Waals surface area contributed by atoms with Crippen LogP contribution in [0.1, 0.15) is 0 Å². The van der Waals surface area contributed by atoms with Gasteiger partial charge in [0.15, 0.2) is 11.5 Å². The second-order valence-electron chi connectivity index (χ2n) is 13.8. The minimum atomic E-state index is -10.7. The molecule has 0 aliphatic carbocycles. The summed E-state index contributed by atoms with van der Waals surface area (Å²) < 4.78 is 70.5. The molecule has 318 valence electrons. The van der Waals surface area contributed by atoms with Gasteiger partial charge in [0.2, 0.25) is 0 Å². The van der Waals surface area contributed by atoms with Crippen molar-refractivity contribution in [1.29, 1.82) is 0 Å². The number of halogens is 6. The molecule has 0 fully saturated rings. The molecule has 3 aromatic carbocycles. The van der Waals surface area contributed by atoms with Crippen molar-refractivity contribution in [3.05, 3.63) is 171 Å². The molecule has 0 aliphatic heterocycles. The summed E-state index contributed by atoms with van der Waals surface area (Å²) in [4.78, 5) is 36.4. The van der Waals surface area contributed by atoms with Gasteiger partial charge in [0, 0.05) is 69.5 Å². The third-order valence-corrected chi connectivity index (χ3v) is 9.44. The van der Waals surface area contributed by atoms with Gasteiger partial charge < -0.3 is 8.83 Å². The van der Waals surface area contributed by atoms with Gasteiger partial charge in [-0.25, -0.2) is 9.97 Å². The molecule has 0 bridgehead atoms. The topological polar surface area (TPSA) is 129 Å². The Balaban J connectivity index is 0.000000131. The molecule has 0 aliphatic rings. The van der Waals surface area contributed by atoms with Crippen LogP contribution in [0.2, 0.25) is 0 Å². The summed E-state index contributed by atoms with van der Waals surface area (Å²) in [5.41, 5.74) is 8.27. The van der Waals surface area contributed by atoms with Crippen LogP contribution in [0.5, 0.6) is 0 Å². The average molecular weight is 971 g/mol. The summed E-state index contributed by atoms with van der Waals surface area (Å²) in [6, 6.07) is 39.4. The van der Waals surface area contributed by atoms with Gasteiger partial charge in [0.25, 0.3) is 0 Å². The van der Waals surface area contributed by atoms with E-state index in [1.807, 2.05) is 72.8 Å². The van der Waals surface area contributed by atoms with E-state index in [1.54, 1.807) is 49.7 Å². The van der Waals surface area contributed by atoms with Crippen LogP contribution in [0.15, 0.2) is 180 Å². The van der Waals surface area contributed by atoms with E-state index >= 15 is 0 Å². The number of nitrogens with zero attached hydrogens (tertiary/aromatic N) is 8. The number of pyridine rings is 6. The summed E-state index contributed by atoms with van der Waals surface area (Å²) in [7, 11) is -10.7. The molecular formula is C46H28F6N8O2PRu+. The first-order chi connectivity index (χ1) is 30.2. The summed E-state index contributed by atoms with van der Waals surface area (Å²) in [5.74, 6) is 1.26. The van der Waals surface area contributed by atoms with E-state index in [1.165, 1.54) is 0 Å². The molecule has 10 nitrogen and oxygen atoms in total. The SMILES string of the molecule is F[P-](F)(F)(F)(F)F.[Ru+2].c1cnc2c(c1)ccc1cccnc12.c1cnc2c(c1)ccc1cccnc12.c1coc(-c2nc3c4cccnc4c4ncccc4c3nc2-c2ccco2)c1. The van der Waals surface area contributed by atoms with Crippen LogP contribution in [0, 0.1) is 0 Å². The van der Waals surface area contributed by atoms with Gasteiger partial charge in [0.1, 0.15) is 11.4 Å². The molecule has 12 aromatic rings. The molecule has 18 heteroatoms. The zero-order chi connectivity index (χ0) is 43.7. The zero-order valence-corrected chi connectivity index (χ0v) is 35.3. The van der Waals surface area contributed by atoms with Crippen LogP contribution in [0.3, 0.4) is 0 Å². The van der Waals surface area contributed by atoms with E-state index < -0.39 is 7.81 Å². The second-order valence-corrected chi connectivity index (χ2v) is 15.7. The van der Waals surface area contributed by atoms with E-state index in [-0.39, 0.29) is 19.5 Å².